The van der Waals surface area contributed by atoms with Gasteiger partial charge in [-0.1, -0.05) is 6.07 Å². The van der Waals surface area contributed by atoms with Gasteiger partial charge >= 0.3 is 5.97 Å². The van der Waals surface area contributed by atoms with Crippen LogP contribution in [0.15, 0.2) is 22.9 Å². The minimum absolute atomic E-state index is 0.146. The summed E-state index contributed by atoms with van der Waals surface area (Å²) in [6.07, 6.45) is 0.658. The summed E-state index contributed by atoms with van der Waals surface area (Å²) in [5.74, 6) is -0.777. The molecule has 0 atom stereocenters. The van der Waals surface area contributed by atoms with Crippen molar-refractivity contribution in [3.8, 4) is 9.88 Å². The molecule has 5 heteroatoms. The van der Waals surface area contributed by atoms with Crippen LogP contribution in [0.3, 0.4) is 0 Å². The molecular weight excluding hydrogens is 230 g/mol. The minimum atomic E-state index is -0.777. The maximum Gasteiger partial charge on any atom is 0.303 e. The summed E-state index contributed by atoms with van der Waals surface area (Å²) in [6, 6.07) is 4.00. The second-order valence-electron chi connectivity index (χ2n) is 3.02. The van der Waals surface area contributed by atoms with E-state index >= 15 is 0 Å². The lowest BCUT2D eigenvalue weighted by molar-refractivity contribution is -0.136. The summed E-state index contributed by atoms with van der Waals surface area (Å²) >= 11 is 3.21. The molecule has 0 amide bonds. The highest BCUT2D eigenvalue weighted by molar-refractivity contribution is 7.20. The molecule has 0 radical (unpaired) electrons. The Kier molecular flexibility index (Phi) is 3.13. The average molecular weight is 239 g/mol. The number of rotatable bonds is 4. The fraction of sp³-hybridized carbons (Fsp3) is 0.200. The number of thiophene rings is 1. The van der Waals surface area contributed by atoms with Crippen LogP contribution in [0.5, 0.6) is 0 Å². The van der Waals surface area contributed by atoms with Crippen LogP contribution in [0.4, 0.5) is 0 Å². The number of nitrogens with zero attached hydrogens (tertiary/aromatic N) is 1. The topological polar surface area (TPSA) is 50.2 Å². The highest BCUT2D eigenvalue weighted by Gasteiger charge is 2.06. The van der Waals surface area contributed by atoms with Gasteiger partial charge in [0.05, 0.1) is 17.0 Å². The van der Waals surface area contributed by atoms with Crippen LogP contribution in [0.25, 0.3) is 9.88 Å². The van der Waals surface area contributed by atoms with E-state index in [4.69, 9.17) is 5.11 Å². The van der Waals surface area contributed by atoms with Crippen LogP contribution in [-0.4, -0.2) is 16.1 Å². The van der Waals surface area contributed by atoms with Crippen molar-refractivity contribution in [3.05, 3.63) is 28.6 Å². The second-order valence-corrected chi connectivity index (χ2v) is 4.82. The quantitative estimate of drug-likeness (QED) is 0.892. The van der Waals surface area contributed by atoms with Crippen LogP contribution in [-0.2, 0) is 11.2 Å². The summed E-state index contributed by atoms with van der Waals surface area (Å²) in [5, 5.41) is 13.5. The molecule has 1 N–H and O–H groups in total. The second kappa shape index (κ2) is 4.55. The number of hydrogen-bond acceptors (Lipinski definition) is 4. The van der Waals surface area contributed by atoms with E-state index in [1.54, 1.807) is 22.7 Å². The first-order valence-electron chi connectivity index (χ1n) is 4.46. The molecule has 0 aliphatic carbocycles. The Bertz CT molecular complexity index is 448. The third-order valence-electron chi connectivity index (χ3n) is 1.88. The smallest absolute Gasteiger partial charge is 0.303 e. The lowest BCUT2D eigenvalue weighted by Gasteiger charge is -1.90. The fourth-order valence-corrected chi connectivity index (χ4v) is 2.84. The van der Waals surface area contributed by atoms with E-state index in [9.17, 15) is 4.79 Å². The first-order valence-corrected chi connectivity index (χ1v) is 6.22. The van der Waals surface area contributed by atoms with Crippen molar-refractivity contribution in [2.24, 2.45) is 0 Å². The maximum atomic E-state index is 10.4. The number of aryl methyl sites for hydroxylation is 1. The SMILES string of the molecule is O=C(O)CCc1csc(-c2cccs2)n1. The molecule has 0 aromatic carbocycles. The molecule has 2 heterocycles. The number of hydrogen-bond donors (Lipinski definition) is 1. The number of thiazole rings is 1. The molecular formula is C10H9NO2S2. The van der Waals surface area contributed by atoms with E-state index in [2.05, 4.69) is 4.98 Å². The van der Waals surface area contributed by atoms with E-state index in [1.165, 1.54) is 0 Å². The number of carbonyl (C=O) groups is 1. The van der Waals surface area contributed by atoms with Crippen molar-refractivity contribution in [1.82, 2.24) is 4.98 Å². The highest BCUT2D eigenvalue weighted by Crippen LogP contribution is 2.27. The Hall–Kier alpha value is -1.20. The van der Waals surface area contributed by atoms with Gasteiger partial charge in [0, 0.05) is 11.8 Å². The zero-order chi connectivity index (χ0) is 10.7. The van der Waals surface area contributed by atoms with Crippen molar-refractivity contribution in [3.63, 3.8) is 0 Å². The van der Waals surface area contributed by atoms with Gasteiger partial charge in [0.25, 0.3) is 0 Å². The van der Waals surface area contributed by atoms with Gasteiger partial charge in [-0.25, -0.2) is 4.98 Å². The molecule has 3 nitrogen and oxygen atoms in total. The van der Waals surface area contributed by atoms with Gasteiger partial charge in [-0.15, -0.1) is 22.7 Å². The normalized spacial score (nSPS) is 10.4. The van der Waals surface area contributed by atoms with Gasteiger partial charge in [0.1, 0.15) is 5.01 Å². The van der Waals surface area contributed by atoms with Gasteiger partial charge in [-0.3, -0.25) is 4.79 Å². The molecule has 2 aromatic rings. The summed E-state index contributed by atoms with van der Waals surface area (Å²) in [7, 11) is 0. The number of aliphatic carboxylic acids is 1. The van der Waals surface area contributed by atoms with Gasteiger partial charge in [0.2, 0.25) is 0 Å². The predicted molar refractivity (Wildman–Crippen MR) is 61.4 cm³/mol. The number of carboxylic acid groups (broad SMARTS) is 1. The van der Waals surface area contributed by atoms with Crippen molar-refractivity contribution in [2.75, 3.05) is 0 Å². The van der Waals surface area contributed by atoms with Crippen molar-refractivity contribution >= 4 is 28.6 Å². The highest BCUT2D eigenvalue weighted by atomic mass is 32.1. The Labute approximate surface area is 95.0 Å². The van der Waals surface area contributed by atoms with Crippen LogP contribution < -0.4 is 0 Å². The lowest BCUT2D eigenvalue weighted by Crippen LogP contribution is -1.97. The minimum Gasteiger partial charge on any atom is -0.481 e. The standard InChI is InChI=1S/C10H9NO2S2/c12-9(13)4-3-7-6-15-10(11-7)8-2-1-5-14-8/h1-2,5-6H,3-4H2,(H,12,13). The molecule has 2 rings (SSSR count). The lowest BCUT2D eigenvalue weighted by atomic mass is 10.2. The molecule has 0 fully saturated rings. The van der Waals surface area contributed by atoms with E-state index in [1.807, 2.05) is 22.9 Å². The van der Waals surface area contributed by atoms with Crippen LogP contribution in [0.2, 0.25) is 0 Å². The molecule has 0 bridgehead atoms. The van der Waals surface area contributed by atoms with Crippen LogP contribution >= 0.6 is 22.7 Å². The van der Waals surface area contributed by atoms with Crippen molar-refractivity contribution in [2.45, 2.75) is 12.8 Å². The molecule has 0 aliphatic heterocycles. The van der Waals surface area contributed by atoms with Gasteiger partial charge in [-0.05, 0) is 11.4 Å². The average Bonchev–Trinajstić information content (AvgIpc) is 2.85. The van der Waals surface area contributed by atoms with Gasteiger partial charge < -0.3 is 5.11 Å². The third kappa shape index (κ3) is 2.64. The zero-order valence-corrected chi connectivity index (χ0v) is 9.48. The first-order chi connectivity index (χ1) is 7.25. The zero-order valence-electron chi connectivity index (χ0n) is 7.84. The summed E-state index contributed by atoms with van der Waals surface area (Å²) < 4.78 is 0. The summed E-state index contributed by atoms with van der Waals surface area (Å²) in [4.78, 5) is 15.9. The van der Waals surface area contributed by atoms with E-state index in [0.29, 0.717) is 6.42 Å². The predicted octanol–water partition coefficient (Wildman–Crippen LogP) is 2.89. The van der Waals surface area contributed by atoms with E-state index in [-0.39, 0.29) is 6.42 Å². The summed E-state index contributed by atoms with van der Waals surface area (Å²) in [5.41, 5.74) is 0.866. The monoisotopic (exact) mass is 239 g/mol. The third-order valence-corrected chi connectivity index (χ3v) is 3.81. The molecule has 0 saturated carbocycles. The fourth-order valence-electron chi connectivity index (χ4n) is 1.17. The molecule has 15 heavy (non-hydrogen) atoms. The Morgan fingerprint density at radius 2 is 2.33 bits per heavy atom. The maximum absolute atomic E-state index is 10.4. The molecule has 0 aliphatic rings. The van der Waals surface area contributed by atoms with E-state index < -0.39 is 5.97 Å². The largest absolute Gasteiger partial charge is 0.481 e. The van der Waals surface area contributed by atoms with Crippen LogP contribution in [0, 0.1) is 0 Å². The molecule has 0 saturated heterocycles. The van der Waals surface area contributed by atoms with Gasteiger partial charge in [0.15, 0.2) is 0 Å². The van der Waals surface area contributed by atoms with E-state index in [0.717, 1.165) is 15.6 Å². The molecule has 0 unspecified atom stereocenters. The van der Waals surface area contributed by atoms with Crippen LogP contribution in [0.1, 0.15) is 12.1 Å². The Morgan fingerprint density at radius 3 is 3.00 bits per heavy atom. The molecule has 0 spiro atoms. The van der Waals surface area contributed by atoms with Crippen molar-refractivity contribution < 1.29 is 9.90 Å². The Morgan fingerprint density at radius 1 is 1.47 bits per heavy atom. The summed E-state index contributed by atoms with van der Waals surface area (Å²) in [6.45, 7) is 0. The molecule has 2 aromatic heterocycles. The van der Waals surface area contributed by atoms with Gasteiger partial charge in [-0.2, -0.15) is 0 Å². The number of aromatic nitrogens is 1. The first kappa shape index (κ1) is 10.3. The molecule has 78 valence electrons. The van der Waals surface area contributed by atoms with Crippen molar-refractivity contribution in [1.29, 1.82) is 0 Å². The number of carboxylic acids is 1. The Balaban J connectivity index is 2.08.